The molecular weight excluding hydrogens is 336 g/mol. The largest absolute Gasteiger partial charge is 0.476 e. The molecule has 0 aliphatic heterocycles. The Balaban J connectivity index is 3.78. The van der Waals surface area contributed by atoms with Crippen LogP contribution < -0.4 is 0 Å². The molecule has 0 saturated heterocycles. The van der Waals surface area contributed by atoms with Gasteiger partial charge >= 0.3 is 17.9 Å². The van der Waals surface area contributed by atoms with Gasteiger partial charge in [0.15, 0.2) is 17.5 Å². The highest BCUT2D eigenvalue weighted by Gasteiger charge is 2.27. The minimum absolute atomic E-state index is 0.991. The van der Waals surface area contributed by atoms with Crippen LogP contribution in [-0.4, -0.2) is 80.9 Å². The van der Waals surface area contributed by atoms with Crippen molar-refractivity contribution < 1.29 is 45.3 Å². The molecule has 6 N–H and O–H groups in total. The minimum Gasteiger partial charge on any atom is -0.476 e. The van der Waals surface area contributed by atoms with Crippen molar-refractivity contribution in [1.29, 1.82) is 0 Å². The molecule has 0 amide bonds. The number of carbonyl (C=O) groups is 3. The third kappa shape index (κ3) is 3.53. The number of rotatable bonds is 6. The molecule has 0 aromatic carbocycles. The van der Waals surface area contributed by atoms with Gasteiger partial charge in [-0.15, -0.1) is 0 Å². The van der Waals surface area contributed by atoms with Crippen LogP contribution in [0.1, 0.15) is 17.5 Å². The molecule has 0 radical (unpaired) electrons. The lowest BCUT2D eigenvalue weighted by molar-refractivity contribution is -0.130. The van der Waals surface area contributed by atoms with Gasteiger partial charge in [-0.3, -0.25) is 0 Å². The Hall–Kier alpha value is -4.17. The molecule has 24 heavy (non-hydrogen) atoms. The van der Waals surface area contributed by atoms with Crippen LogP contribution in [0.5, 0.6) is 0 Å². The van der Waals surface area contributed by atoms with Crippen LogP contribution in [0.3, 0.4) is 0 Å². The Bertz CT molecular complexity index is 682. The van der Waals surface area contributed by atoms with Gasteiger partial charge < -0.3 is 30.9 Å². The summed E-state index contributed by atoms with van der Waals surface area (Å²) in [5, 5.41) is 59.6. The van der Waals surface area contributed by atoms with E-state index in [4.69, 9.17) is 30.9 Å². The zero-order valence-corrected chi connectivity index (χ0v) is 11.1. The van der Waals surface area contributed by atoms with Gasteiger partial charge in [-0.1, -0.05) is 15.5 Å². The van der Waals surface area contributed by atoms with E-state index < -0.39 is 52.5 Å². The van der Waals surface area contributed by atoms with Crippen LogP contribution in [0.15, 0.2) is 15.5 Å². The minimum atomic E-state index is -1.86. The van der Waals surface area contributed by atoms with Gasteiger partial charge in [-0.05, 0) is 0 Å². The lowest BCUT2D eigenvalue weighted by Crippen LogP contribution is -2.28. The van der Waals surface area contributed by atoms with Gasteiger partial charge in [0.25, 0.3) is 0 Å². The maximum atomic E-state index is 10.9. The lowest BCUT2D eigenvalue weighted by atomic mass is 10.3. The smallest absolute Gasteiger partial charge is 0.361 e. The summed E-state index contributed by atoms with van der Waals surface area (Å²) in [6.07, 6.45) is 0. The SMILES string of the molecule is O=C(O)C(=NO)c1nc(C(=NO)C(=O)O)nc(C(=NO)C(=O)O)n1. The van der Waals surface area contributed by atoms with E-state index in [1.165, 1.54) is 0 Å². The topological polar surface area (TPSA) is 248 Å². The number of oxime groups is 3. The van der Waals surface area contributed by atoms with Crippen molar-refractivity contribution in [3.63, 3.8) is 0 Å². The molecule has 0 spiro atoms. The molecule has 1 rings (SSSR count). The maximum absolute atomic E-state index is 10.9. The molecule has 0 fully saturated rings. The van der Waals surface area contributed by atoms with Gasteiger partial charge in [-0.25, -0.2) is 29.3 Å². The number of aliphatic carboxylic acids is 3. The quantitative estimate of drug-likeness (QED) is 0.181. The molecule has 0 atom stereocenters. The summed E-state index contributed by atoms with van der Waals surface area (Å²) in [6.45, 7) is 0. The second-order valence-electron chi connectivity index (χ2n) is 3.57. The molecular formula is C9H6N6O9. The van der Waals surface area contributed by atoms with Crippen molar-refractivity contribution in [2.24, 2.45) is 15.5 Å². The fourth-order valence-electron chi connectivity index (χ4n) is 1.24. The van der Waals surface area contributed by atoms with Crippen LogP contribution >= 0.6 is 0 Å². The Morgan fingerprint density at radius 1 is 0.583 bits per heavy atom. The van der Waals surface area contributed by atoms with Crippen LogP contribution in [0, 0.1) is 0 Å². The van der Waals surface area contributed by atoms with Crippen molar-refractivity contribution in [2.45, 2.75) is 0 Å². The van der Waals surface area contributed by atoms with E-state index in [1.54, 1.807) is 0 Å². The molecule has 1 aromatic rings. The predicted molar refractivity (Wildman–Crippen MR) is 67.7 cm³/mol. The Labute approximate surface area is 129 Å². The van der Waals surface area contributed by atoms with Crippen molar-refractivity contribution in [3.8, 4) is 0 Å². The van der Waals surface area contributed by atoms with E-state index in [-0.39, 0.29) is 0 Å². The number of hydrogen-bond donors (Lipinski definition) is 6. The first-order valence-electron chi connectivity index (χ1n) is 5.40. The second-order valence-corrected chi connectivity index (χ2v) is 3.57. The van der Waals surface area contributed by atoms with Crippen LogP contribution in [0.25, 0.3) is 0 Å². The maximum Gasteiger partial charge on any atom is 0.361 e. The molecule has 1 heterocycles. The highest BCUT2D eigenvalue weighted by molar-refractivity contribution is 6.44. The fourth-order valence-corrected chi connectivity index (χ4v) is 1.24. The van der Waals surface area contributed by atoms with Gasteiger partial charge in [0.1, 0.15) is 0 Å². The number of aromatic nitrogens is 3. The molecule has 15 nitrogen and oxygen atoms in total. The van der Waals surface area contributed by atoms with E-state index in [0.29, 0.717) is 0 Å². The normalized spacial score (nSPS) is 12.8. The molecule has 1 aromatic heterocycles. The average Bonchev–Trinajstić information content (AvgIpc) is 2.48. The standard InChI is InChI=1S/C9H6N6O9/c16-7(17)1(13-22)4-10-5(2(14-23)8(18)19)12-6(11-4)3(15-24)9(20)21/h22-24H,(H,16,17)(H,18,19)(H,20,21). The Morgan fingerprint density at radius 2 is 0.792 bits per heavy atom. The van der Waals surface area contributed by atoms with E-state index in [9.17, 15) is 14.4 Å². The zero-order chi connectivity index (χ0) is 18.4. The Morgan fingerprint density at radius 3 is 0.917 bits per heavy atom. The van der Waals surface area contributed by atoms with Crippen molar-refractivity contribution in [2.75, 3.05) is 0 Å². The Kier molecular flexibility index (Phi) is 5.37. The van der Waals surface area contributed by atoms with Crippen molar-refractivity contribution >= 4 is 35.0 Å². The summed E-state index contributed by atoms with van der Waals surface area (Å²) in [4.78, 5) is 42.6. The molecule has 0 saturated carbocycles. The average molecular weight is 342 g/mol. The highest BCUT2D eigenvalue weighted by atomic mass is 16.4. The van der Waals surface area contributed by atoms with E-state index in [2.05, 4.69) is 30.4 Å². The first-order chi connectivity index (χ1) is 11.3. The summed E-state index contributed by atoms with van der Waals surface area (Å²) < 4.78 is 0. The van der Waals surface area contributed by atoms with E-state index in [1.807, 2.05) is 0 Å². The summed E-state index contributed by atoms with van der Waals surface area (Å²) in [6, 6.07) is 0. The van der Waals surface area contributed by atoms with Crippen LogP contribution in [0.2, 0.25) is 0 Å². The summed E-state index contributed by atoms with van der Waals surface area (Å²) in [5.41, 5.74) is -3.65. The molecule has 0 unspecified atom stereocenters. The van der Waals surface area contributed by atoms with Gasteiger partial charge in [0.2, 0.25) is 17.1 Å². The second kappa shape index (κ2) is 7.20. The summed E-state index contributed by atoms with van der Waals surface area (Å²) in [7, 11) is 0. The first kappa shape index (κ1) is 17.9. The summed E-state index contributed by atoms with van der Waals surface area (Å²) in [5.74, 6) is -8.57. The number of hydrogen-bond acceptors (Lipinski definition) is 12. The van der Waals surface area contributed by atoms with Crippen LogP contribution in [-0.2, 0) is 14.4 Å². The molecule has 0 aliphatic carbocycles. The van der Waals surface area contributed by atoms with Gasteiger partial charge in [0, 0.05) is 0 Å². The van der Waals surface area contributed by atoms with Crippen molar-refractivity contribution in [1.82, 2.24) is 15.0 Å². The van der Waals surface area contributed by atoms with Crippen molar-refractivity contribution in [3.05, 3.63) is 17.5 Å². The fraction of sp³-hybridized carbons (Fsp3) is 0. The van der Waals surface area contributed by atoms with Gasteiger partial charge in [-0.2, -0.15) is 0 Å². The molecule has 126 valence electrons. The first-order valence-corrected chi connectivity index (χ1v) is 5.40. The lowest BCUT2D eigenvalue weighted by Gasteiger charge is -2.05. The molecule has 0 aliphatic rings. The molecule has 0 bridgehead atoms. The third-order valence-electron chi connectivity index (χ3n) is 2.18. The third-order valence-corrected chi connectivity index (χ3v) is 2.18. The summed E-state index contributed by atoms with van der Waals surface area (Å²) >= 11 is 0. The monoisotopic (exact) mass is 342 g/mol. The number of carboxylic acid groups (broad SMARTS) is 3. The number of nitrogens with zero attached hydrogens (tertiary/aromatic N) is 6. The zero-order valence-electron chi connectivity index (χ0n) is 11.1. The molecule has 15 heteroatoms. The number of carboxylic acids is 3. The van der Waals surface area contributed by atoms with Gasteiger partial charge in [0.05, 0.1) is 0 Å². The van der Waals surface area contributed by atoms with Crippen LogP contribution in [0.4, 0.5) is 0 Å². The predicted octanol–water partition coefficient (Wildman–Crippen LogP) is -2.34. The highest BCUT2D eigenvalue weighted by Crippen LogP contribution is 2.04. The van der Waals surface area contributed by atoms with E-state index in [0.717, 1.165) is 0 Å². The van der Waals surface area contributed by atoms with E-state index >= 15 is 0 Å².